The van der Waals surface area contributed by atoms with E-state index in [4.69, 9.17) is 4.74 Å². The highest BCUT2D eigenvalue weighted by Gasteiger charge is 2.27. The van der Waals surface area contributed by atoms with E-state index < -0.39 is 0 Å². The molecule has 0 spiro atoms. The van der Waals surface area contributed by atoms with Crippen LogP contribution in [0.25, 0.3) is 0 Å². The zero-order valence-corrected chi connectivity index (χ0v) is 7.79. The second kappa shape index (κ2) is 4.07. The second-order valence-electron chi connectivity index (χ2n) is 3.59. The molecule has 1 N–H and O–H groups in total. The van der Waals surface area contributed by atoms with E-state index in [0.717, 1.165) is 32.5 Å². The minimum atomic E-state index is 0.0587. The van der Waals surface area contributed by atoms with Crippen LogP contribution in [-0.2, 0) is 9.53 Å². The molecule has 4 heteroatoms. The quantitative estimate of drug-likeness (QED) is 0.621. The summed E-state index contributed by atoms with van der Waals surface area (Å²) in [5.74, 6) is 0.179. The number of nitrogens with zero attached hydrogens (tertiary/aromatic N) is 1. The first-order valence-corrected chi connectivity index (χ1v) is 5.00. The highest BCUT2D eigenvalue weighted by atomic mass is 16.5. The van der Waals surface area contributed by atoms with Crippen LogP contribution in [0.4, 0.5) is 0 Å². The third-order valence-corrected chi connectivity index (χ3v) is 2.63. The topological polar surface area (TPSA) is 41.6 Å². The van der Waals surface area contributed by atoms with Gasteiger partial charge in [0.05, 0.1) is 6.54 Å². The van der Waals surface area contributed by atoms with Crippen molar-refractivity contribution in [1.82, 2.24) is 10.2 Å². The largest absolute Gasteiger partial charge is 0.358 e. The normalized spacial score (nSPS) is 30.6. The van der Waals surface area contributed by atoms with Gasteiger partial charge in [-0.2, -0.15) is 0 Å². The molecule has 0 radical (unpaired) electrons. The average Bonchev–Trinajstić information content (AvgIpc) is 2.20. The number of carbonyl (C=O) groups is 1. The molecule has 1 atom stereocenters. The molecule has 2 saturated heterocycles. The number of hydrogen-bond donors (Lipinski definition) is 1. The maximum atomic E-state index is 11.5. The average molecular weight is 184 g/mol. The van der Waals surface area contributed by atoms with Crippen LogP contribution in [0.1, 0.15) is 19.3 Å². The number of carbonyl (C=O) groups excluding carboxylic acids is 1. The Morgan fingerprint density at radius 2 is 2.38 bits per heavy atom. The Hall–Kier alpha value is -0.610. The standard InChI is InChI=1S/C9H16N2O2/c12-8-7-10-4-5-11(8)9-3-1-2-6-13-9/h9-10H,1-7H2. The number of hydrogen-bond acceptors (Lipinski definition) is 3. The monoisotopic (exact) mass is 184 g/mol. The number of piperazine rings is 1. The van der Waals surface area contributed by atoms with Gasteiger partial charge < -0.3 is 15.0 Å². The summed E-state index contributed by atoms with van der Waals surface area (Å²) in [7, 11) is 0. The lowest BCUT2D eigenvalue weighted by molar-refractivity contribution is -0.152. The van der Waals surface area contributed by atoms with Crippen LogP contribution < -0.4 is 5.32 Å². The van der Waals surface area contributed by atoms with Crippen molar-refractivity contribution in [3.8, 4) is 0 Å². The predicted molar refractivity (Wildman–Crippen MR) is 48.2 cm³/mol. The Bertz CT molecular complexity index is 190. The molecule has 0 saturated carbocycles. The van der Waals surface area contributed by atoms with Gasteiger partial charge in [-0.15, -0.1) is 0 Å². The molecule has 1 amide bonds. The molecule has 2 heterocycles. The summed E-state index contributed by atoms with van der Waals surface area (Å²) >= 11 is 0. The summed E-state index contributed by atoms with van der Waals surface area (Å²) in [5, 5.41) is 3.06. The molecule has 0 bridgehead atoms. The summed E-state index contributed by atoms with van der Waals surface area (Å²) in [6.45, 7) is 2.97. The summed E-state index contributed by atoms with van der Waals surface area (Å²) in [5.41, 5.74) is 0. The van der Waals surface area contributed by atoms with Crippen molar-refractivity contribution >= 4 is 5.91 Å². The van der Waals surface area contributed by atoms with Gasteiger partial charge in [-0.3, -0.25) is 4.79 Å². The Balaban J connectivity index is 1.92. The predicted octanol–water partition coefficient (Wildman–Crippen LogP) is -0.0552. The van der Waals surface area contributed by atoms with Crippen LogP contribution in [0.15, 0.2) is 0 Å². The minimum absolute atomic E-state index is 0.0587. The first-order valence-electron chi connectivity index (χ1n) is 5.00. The Morgan fingerprint density at radius 1 is 1.46 bits per heavy atom. The third-order valence-electron chi connectivity index (χ3n) is 2.63. The molecule has 0 aromatic rings. The molecule has 0 aromatic heterocycles. The van der Waals surface area contributed by atoms with E-state index in [1.165, 1.54) is 6.42 Å². The van der Waals surface area contributed by atoms with Gasteiger partial charge >= 0.3 is 0 Å². The van der Waals surface area contributed by atoms with Gasteiger partial charge in [0.1, 0.15) is 6.23 Å². The van der Waals surface area contributed by atoms with Crippen LogP contribution in [0, 0.1) is 0 Å². The maximum Gasteiger partial charge on any atom is 0.238 e. The Labute approximate surface area is 78.2 Å². The maximum absolute atomic E-state index is 11.5. The van der Waals surface area contributed by atoms with E-state index in [-0.39, 0.29) is 12.1 Å². The van der Waals surface area contributed by atoms with Gasteiger partial charge in [-0.1, -0.05) is 0 Å². The van der Waals surface area contributed by atoms with Crippen LogP contribution >= 0.6 is 0 Å². The number of ether oxygens (including phenoxy) is 1. The van der Waals surface area contributed by atoms with Crippen molar-refractivity contribution in [3.63, 3.8) is 0 Å². The highest BCUT2D eigenvalue weighted by molar-refractivity contribution is 5.79. The van der Waals surface area contributed by atoms with Gasteiger partial charge in [0, 0.05) is 19.7 Å². The van der Waals surface area contributed by atoms with Crippen LogP contribution in [0.2, 0.25) is 0 Å². The summed E-state index contributed by atoms with van der Waals surface area (Å²) < 4.78 is 5.57. The lowest BCUT2D eigenvalue weighted by Crippen LogP contribution is -2.53. The van der Waals surface area contributed by atoms with Crippen LogP contribution in [0.3, 0.4) is 0 Å². The molecule has 2 aliphatic rings. The molecule has 0 aliphatic carbocycles. The van der Waals surface area contributed by atoms with Gasteiger partial charge in [0.25, 0.3) is 0 Å². The van der Waals surface area contributed by atoms with Crippen molar-refractivity contribution in [2.75, 3.05) is 26.2 Å². The minimum Gasteiger partial charge on any atom is -0.358 e. The van der Waals surface area contributed by atoms with Crippen molar-refractivity contribution in [2.45, 2.75) is 25.5 Å². The van der Waals surface area contributed by atoms with Crippen molar-refractivity contribution in [2.24, 2.45) is 0 Å². The van der Waals surface area contributed by atoms with Gasteiger partial charge in [-0.25, -0.2) is 0 Å². The van der Waals surface area contributed by atoms with E-state index in [1.54, 1.807) is 0 Å². The molecule has 74 valence electrons. The first kappa shape index (κ1) is 8.97. The molecule has 4 nitrogen and oxygen atoms in total. The van der Waals surface area contributed by atoms with Crippen LogP contribution in [-0.4, -0.2) is 43.3 Å². The van der Waals surface area contributed by atoms with Crippen LogP contribution in [0.5, 0.6) is 0 Å². The van der Waals surface area contributed by atoms with E-state index in [2.05, 4.69) is 5.32 Å². The summed E-state index contributed by atoms with van der Waals surface area (Å²) in [6, 6.07) is 0. The smallest absolute Gasteiger partial charge is 0.238 e. The van der Waals surface area contributed by atoms with E-state index in [1.807, 2.05) is 4.90 Å². The lowest BCUT2D eigenvalue weighted by atomic mass is 10.1. The number of amides is 1. The Kier molecular flexibility index (Phi) is 2.80. The van der Waals surface area contributed by atoms with E-state index in [0.29, 0.717) is 6.54 Å². The third kappa shape index (κ3) is 2.00. The summed E-state index contributed by atoms with van der Waals surface area (Å²) in [6.07, 6.45) is 3.38. The molecular weight excluding hydrogens is 168 g/mol. The SMILES string of the molecule is O=C1CNCCN1C1CCCCO1. The zero-order valence-electron chi connectivity index (χ0n) is 7.79. The molecule has 2 aliphatic heterocycles. The van der Waals surface area contributed by atoms with Gasteiger partial charge in [0.2, 0.25) is 5.91 Å². The van der Waals surface area contributed by atoms with Crippen molar-refractivity contribution < 1.29 is 9.53 Å². The molecule has 1 unspecified atom stereocenters. The van der Waals surface area contributed by atoms with Gasteiger partial charge in [0.15, 0.2) is 0 Å². The molecule has 2 rings (SSSR count). The van der Waals surface area contributed by atoms with E-state index >= 15 is 0 Å². The van der Waals surface area contributed by atoms with Gasteiger partial charge in [-0.05, 0) is 19.3 Å². The van der Waals surface area contributed by atoms with Crippen molar-refractivity contribution in [3.05, 3.63) is 0 Å². The zero-order chi connectivity index (χ0) is 9.10. The molecule has 0 aromatic carbocycles. The lowest BCUT2D eigenvalue weighted by Gasteiger charge is -2.36. The highest BCUT2D eigenvalue weighted by Crippen LogP contribution is 2.17. The fourth-order valence-electron chi connectivity index (χ4n) is 1.90. The molecule has 2 fully saturated rings. The number of nitrogens with one attached hydrogen (secondary N) is 1. The fourth-order valence-corrected chi connectivity index (χ4v) is 1.90. The molecular formula is C9H16N2O2. The molecule has 13 heavy (non-hydrogen) atoms. The van der Waals surface area contributed by atoms with Crippen molar-refractivity contribution in [1.29, 1.82) is 0 Å². The second-order valence-corrected chi connectivity index (χ2v) is 3.59. The fraction of sp³-hybridized carbons (Fsp3) is 0.889. The summed E-state index contributed by atoms with van der Waals surface area (Å²) in [4.78, 5) is 13.3. The first-order chi connectivity index (χ1) is 6.38. The Morgan fingerprint density at radius 3 is 3.08 bits per heavy atom. The number of rotatable bonds is 1. The van der Waals surface area contributed by atoms with E-state index in [9.17, 15) is 4.79 Å².